The van der Waals surface area contributed by atoms with E-state index in [1.807, 2.05) is 17.8 Å². The summed E-state index contributed by atoms with van der Waals surface area (Å²) >= 11 is 0. The fraction of sp³-hybridized carbons (Fsp3) is 0.353. The van der Waals surface area contributed by atoms with E-state index >= 15 is 0 Å². The molecular weight excluding hydrogens is 295 g/mol. The Morgan fingerprint density at radius 1 is 1.26 bits per heavy atom. The summed E-state index contributed by atoms with van der Waals surface area (Å²) in [6.45, 7) is 1.23. The van der Waals surface area contributed by atoms with Gasteiger partial charge in [-0.3, -0.25) is 4.99 Å². The van der Waals surface area contributed by atoms with E-state index in [1.54, 1.807) is 26.3 Å². The molecule has 0 saturated carbocycles. The summed E-state index contributed by atoms with van der Waals surface area (Å²) in [6.07, 6.45) is 3.88. The Morgan fingerprint density at radius 3 is 2.57 bits per heavy atom. The van der Waals surface area contributed by atoms with E-state index in [0.29, 0.717) is 19.0 Å². The molecule has 0 aliphatic heterocycles. The molecule has 1 atom stereocenters. The van der Waals surface area contributed by atoms with E-state index in [9.17, 15) is 4.39 Å². The van der Waals surface area contributed by atoms with Gasteiger partial charge in [0.25, 0.3) is 0 Å². The van der Waals surface area contributed by atoms with Crippen LogP contribution in [-0.4, -0.2) is 31.2 Å². The van der Waals surface area contributed by atoms with Crippen LogP contribution in [0.5, 0.6) is 0 Å². The van der Waals surface area contributed by atoms with Crippen LogP contribution in [0.25, 0.3) is 0 Å². The second kappa shape index (κ2) is 8.33. The van der Waals surface area contributed by atoms with Crippen LogP contribution in [0.4, 0.5) is 4.39 Å². The standard InChI is InChI=1S/C17H23FN4O/c1-19-17(20-10-13-8-9-22(2)12-13)21-11-16(23-3)14-4-6-15(18)7-5-14/h4-9,12,16H,10-11H2,1-3H3,(H2,19,20,21). The molecule has 0 aliphatic carbocycles. The highest BCUT2D eigenvalue weighted by Crippen LogP contribution is 2.16. The third-order valence-electron chi connectivity index (χ3n) is 3.56. The normalized spacial score (nSPS) is 13.0. The van der Waals surface area contributed by atoms with E-state index in [1.165, 1.54) is 17.7 Å². The number of aryl methyl sites for hydroxylation is 1. The average molecular weight is 318 g/mol. The van der Waals surface area contributed by atoms with Crippen molar-refractivity contribution >= 4 is 5.96 Å². The Bertz CT molecular complexity index is 636. The van der Waals surface area contributed by atoms with Gasteiger partial charge in [-0.25, -0.2) is 4.39 Å². The maximum atomic E-state index is 13.0. The molecule has 0 aliphatic rings. The summed E-state index contributed by atoms with van der Waals surface area (Å²) < 4.78 is 20.5. The number of nitrogens with one attached hydrogen (secondary N) is 2. The van der Waals surface area contributed by atoms with Crippen LogP contribution in [0.2, 0.25) is 0 Å². The highest BCUT2D eigenvalue weighted by Gasteiger charge is 2.11. The molecule has 6 heteroatoms. The number of ether oxygens (including phenoxy) is 1. The van der Waals surface area contributed by atoms with Gasteiger partial charge in [0.15, 0.2) is 5.96 Å². The van der Waals surface area contributed by atoms with Crippen molar-refractivity contribution in [2.45, 2.75) is 12.6 Å². The molecule has 0 amide bonds. The highest BCUT2D eigenvalue weighted by atomic mass is 19.1. The van der Waals surface area contributed by atoms with Crippen molar-refractivity contribution in [1.82, 2.24) is 15.2 Å². The molecule has 23 heavy (non-hydrogen) atoms. The molecule has 5 nitrogen and oxygen atoms in total. The van der Waals surface area contributed by atoms with Gasteiger partial charge in [-0.2, -0.15) is 0 Å². The van der Waals surface area contributed by atoms with Crippen LogP contribution in [-0.2, 0) is 18.3 Å². The number of hydrogen-bond acceptors (Lipinski definition) is 2. The molecule has 1 aromatic carbocycles. The molecule has 1 aromatic heterocycles. The number of aliphatic imine (C=N–C) groups is 1. The van der Waals surface area contributed by atoms with Crippen molar-refractivity contribution in [3.05, 3.63) is 59.7 Å². The molecule has 124 valence electrons. The number of rotatable bonds is 6. The van der Waals surface area contributed by atoms with Gasteiger partial charge in [-0.05, 0) is 29.3 Å². The molecule has 0 bridgehead atoms. The van der Waals surface area contributed by atoms with E-state index < -0.39 is 0 Å². The molecule has 2 aromatic rings. The summed E-state index contributed by atoms with van der Waals surface area (Å²) in [6, 6.07) is 8.38. The number of nitrogens with zero attached hydrogens (tertiary/aromatic N) is 2. The van der Waals surface area contributed by atoms with Crippen LogP contribution in [0, 0.1) is 5.82 Å². The third kappa shape index (κ3) is 5.10. The average Bonchev–Trinajstić information content (AvgIpc) is 2.97. The van der Waals surface area contributed by atoms with Crippen molar-refractivity contribution in [3.8, 4) is 0 Å². The zero-order chi connectivity index (χ0) is 16.7. The first-order chi connectivity index (χ1) is 11.1. The second-order valence-corrected chi connectivity index (χ2v) is 5.27. The van der Waals surface area contributed by atoms with Crippen molar-refractivity contribution < 1.29 is 9.13 Å². The van der Waals surface area contributed by atoms with Crippen molar-refractivity contribution in [2.75, 3.05) is 20.7 Å². The Morgan fingerprint density at radius 2 is 2.00 bits per heavy atom. The number of guanidine groups is 1. The number of halogens is 1. The Balaban J connectivity index is 1.87. The monoisotopic (exact) mass is 318 g/mol. The van der Waals surface area contributed by atoms with Gasteiger partial charge in [-0.1, -0.05) is 12.1 Å². The molecule has 0 radical (unpaired) electrons. The van der Waals surface area contributed by atoms with Crippen LogP contribution >= 0.6 is 0 Å². The number of methoxy groups -OCH3 is 1. The summed E-state index contributed by atoms with van der Waals surface area (Å²) in [7, 11) is 5.35. The van der Waals surface area contributed by atoms with Crippen molar-refractivity contribution in [1.29, 1.82) is 0 Å². The zero-order valence-electron chi connectivity index (χ0n) is 13.7. The fourth-order valence-electron chi connectivity index (χ4n) is 2.28. The number of aromatic nitrogens is 1. The minimum Gasteiger partial charge on any atom is -0.375 e. The van der Waals surface area contributed by atoms with Gasteiger partial charge in [0.1, 0.15) is 5.82 Å². The van der Waals surface area contributed by atoms with Crippen molar-refractivity contribution in [2.24, 2.45) is 12.0 Å². The van der Waals surface area contributed by atoms with Crippen LogP contribution in [0.15, 0.2) is 47.7 Å². The summed E-state index contributed by atoms with van der Waals surface area (Å²) in [4.78, 5) is 4.20. The first-order valence-corrected chi connectivity index (χ1v) is 7.46. The molecule has 1 heterocycles. The Labute approximate surface area is 136 Å². The van der Waals surface area contributed by atoms with E-state index in [-0.39, 0.29) is 11.9 Å². The molecule has 2 rings (SSSR count). The number of hydrogen-bond donors (Lipinski definition) is 2. The summed E-state index contributed by atoms with van der Waals surface area (Å²) in [5, 5.41) is 6.47. The lowest BCUT2D eigenvalue weighted by atomic mass is 10.1. The number of benzene rings is 1. The molecule has 0 spiro atoms. The quantitative estimate of drug-likeness (QED) is 0.634. The fourth-order valence-corrected chi connectivity index (χ4v) is 2.28. The topological polar surface area (TPSA) is 50.6 Å². The van der Waals surface area contributed by atoms with E-state index in [4.69, 9.17) is 4.74 Å². The molecular formula is C17H23FN4O. The first kappa shape index (κ1) is 17.0. The maximum absolute atomic E-state index is 13.0. The van der Waals surface area contributed by atoms with Gasteiger partial charge < -0.3 is 19.9 Å². The van der Waals surface area contributed by atoms with Gasteiger partial charge in [0, 0.05) is 46.7 Å². The maximum Gasteiger partial charge on any atom is 0.191 e. The van der Waals surface area contributed by atoms with Gasteiger partial charge >= 0.3 is 0 Å². The van der Waals surface area contributed by atoms with Crippen molar-refractivity contribution in [3.63, 3.8) is 0 Å². The zero-order valence-corrected chi connectivity index (χ0v) is 13.7. The highest BCUT2D eigenvalue weighted by molar-refractivity contribution is 5.79. The molecule has 2 N–H and O–H groups in total. The predicted octanol–water partition coefficient (Wildman–Crippen LogP) is 2.22. The minimum atomic E-state index is -0.253. The first-order valence-electron chi connectivity index (χ1n) is 7.46. The summed E-state index contributed by atoms with van der Waals surface area (Å²) in [5.41, 5.74) is 2.09. The Hall–Kier alpha value is -2.34. The smallest absolute Gasteiger partial charge is 0.191 e. The van der Waals surface area contributed by atoms with Gasteiger partial charge in [0.05, 0.1) is 6.10 Å². The largest absolute Gasteiger partial charge is 0.375 e. The second-order valence-electron chi connectivity index (χ2n) is 5.27. The van der Waals surface area contributed by atoms with Gasteiger partial charge in [-0.15, -0.1) is 0 Å². The van der Waals surface area contributed by atoms with Crippen LogP contribution in [0.3, 0.4) is 0 Å². The lowest BCUT2D eigenvalue weighted by Gasteiger charge is -2.18. The lowest BCUT2D eigenvalue weighted by molar-refractivity contribution is 0.106. The van der Waals surface area contributed by atoms with Crippen LogP contribution in [0.1, 0.15) is 17.2 Å². The molecule has 0 saturated heterocycles. The van der Waals surface area contributed by atoms with E-state index in [2.05, 4.69) is 27.9 Å². The third-order valence-corrected chi connectivity index (χ3v) is 3.56. The Kier molecular flexibility index (Phi) is 6.17. The lowest BCUT2D eigenvalue weighted by Crippen LogP contribution is -2.39. The predicted molar refractivity (Wildman–Crippen MR) is 89.8 cm³/mol. The SMILES string of the molecule is CN=C(NCc1ccn(C)c1)NCC(OC)c1ccc(F)cc1. The molecule has 0 fully saturated rings. The summed E-state index contributed by atoms with van der Waals surface area (Å²) in [5.74, 6) is 0.440. The van der Waals surface area contributed by atoms with Crippen LogP contribution < -0.4 is 10.6 Å². The molecule has 1 unspecified atom stereocenters. The van der Waals surface area contributed by atoms with Gasteiger partial charge in [0.2, 0.25) is 0 Å². The minimum absolute atomic E-state index is 0.175. The van der Waals surface area contributed by atoms with E-state index in [0.717, 1.165) is 5.56 Å².